The summed E-state index contributed by atoms with van der Waals surface area (Å²) in [6.45, 7) is 0. The van der Waals surface area contributed by atoms with Crippen LogP contribution in [0.15, 0.2) is 0 Å². The van der Waals surface area contributed by atoms with Crippen molar-refractivity contribution in [2.45, 2.75) is 44.6 Å². The summed E-state index contributed by atoms with van der Waals surface area (Å²) in [6.07, 6.45) is 4.62. The lowest BCUT2D eigenvalue weighted by Gasteiger charge is -2.47. The minimum absolute atomic E-state index is 0.0000463. The van der Waals surface area contributed by atoms with E-state index in [1.165, 1.54) is 7.11 Å². The number of ketones is 1. The molecule has 3 aliphatic carbocycles. The second kappa shape index (κ2) is 4.05. The van der Waals surface area contributed by atoms with E-state index in [0.29, 0.717) is 12.8 Å². The lowest BCUT2D eigenvalue weighted by Crippen LogP contribution is -2.56. The summed E-state index contributed by atoms with van der Waals surface area (Å²) in [4.78, 5) is 24.7. The van der Waals surface area contributed by atoms with Crippen molar-refractivity contribution in [1.82, 2.24) is 0 Å². The highest BCUT2D eigenvalue weighted by atomic mass is 16.5. The number of fused-ring (bicyclic) bond motifs is 4. The average molecular weight is 252 g/mol. The number of carbonyl (C=O) groups excluding carboxylic acids is 2. The SMILES string of the molecule is COC(=O)[C@]12CC[C@H](C1=O)[C@@H](O)[C@@H]1CCCC[C@@H]12. The summed E-state index contributed by atoms with van der Waals surface area (Å²) >= 11 is 0. The molecule has 0 radical (unpaired) electrons. The van der Waals surface area contributed by atoms with Crippen LogP contribution in [0.25, 0.3) is 0 Å². The van der Waals surface area contributed by atoms with E-state index in [4.69, 9.17) is 4.74 Å². The maximum Gasteiger partial charge on any atom is 0.319 e. The number of methoxy groups -OCH3 is 1. The van der Waals surface area contributed by atoms with Crippen molar-refractivity contribution in [3.63, 3.8) is 0 Å². The molecule has 0 saturated heterocycles. The molecule has 0 aromatic rings. The number of rotatable bonds is 1. The Morgan fingerprint density at radius 1 is 1.33 bits per heavy atom. The molecular weight excluding hydrogens is 232 g/mol. The monoisotopic (exact) mass is 252 g/mol. The van der Waals surface area contributed by atoms with Gasteiger partial charge in [0.2, 0.25) is 0 Å². The quantitative estimate of drug-likeness (QED) is 0.564. The predicted octanol–water partition coefficient (Wildman–Crippen LogP) is 1.31. The molecule has 0 aliphatic heterocycles. The van der Waals surface area contributed by atoms with E-state index < -0.39 is 11.5 Å². The van der Waals surface area contributed by atoms with Gasteiger partial charge in [0.05, 0.1) is 13.2 Å². The van der Waals surface area contributed by atoms with Crippen molar-refractivity contribution in [2.75, 3.05) is 7.11 Å². The second-order valence-electron chi connectivity index (χ2n) is 6.02. The van der Waals surface area contributed by atoms with Crippen LogP contribution in [0, 0.1) is 23.2 Å². The van der Waals surface area contributed by atoms with Gasteiger partial charge in [0.25, 0.3) is 0 Å². The highest BCUT2D eigenvalue weighted by Crippen LogP contribution is 2.58. The van der Waals surface area contributed by atoms with Crippen molar-refractivity contribution in [1.29, 1.82) is 0 Å². The molecule has 0 aromatic heterocycles. The zero-order chi connectivity index (χ0) is 12.9. The molecule has 18 heavy (non-hydrogen) atoms. The summed E-state index contributed by atoms with van der Waals surface area (Å²) in [6, 6.07) is 0. The van der Waals surface area contributed by atoms with E-state index in [1.807, 2.05) is 0 Å². The fraction of sp³-hybridized carbons (Fsp3) is 0.857. The molecule has 1 N–H and O–H groups in total. The first-order valence-electron chi connectivity index (χ1n) is 6.93. The third kappa shape index (κ3) is 1.30. The van der Waals surface area contributed by atoms with Gasteiger partial charge in [-0.1, -0.05) is 12.8 Å². The molecule has 0 aromatic carbocycles. The summed E-state index contributed by atoms with van der Waals surface area (Å²) in [5.41, 5.74) is -0.927. The highest BCUT2D eigenvalue weighted by Gasteiger charge is 2.66. The molecule has 2 bridgehead atoms. The molecule has 3 saturated carbocycles. The molecule has 0 amide bonds. The molecule has 3 aliphatic rings. The van der Waals surface area contributed by atoms with Crippen molar-refractivity contribution in [3.8, 4) is 0 Å². The number of esters is 1. The Morgan fingerprint density at radius 2 is 2.06 bits per heavy atom. The zero-order valence-corrected chi connectivity index (χ0v) is 10.7. The van der Waals surface area contributed by atoms with Crippen molar-refractivity contribution < 1.29 is 19.4 Å². The van der Waals surface area contributed by atoms with Crippen LogP contribution in [0.3, 0.4) is 0 Å². The number of hydrogen-bond acceptors (Lipinski definition) is 4. The first-order valence-corrected chi connectivity index (χ1v) is 6.93. The summed E-state index contributed by atoms with van der Waals surface area (Å²) in [5, 5.41) is 10.4. The van der Waals surface area contributed by atoms with Crippen LogP contribution in [-0.4, -0.2) is 30.1 Å². The highest BCUT2D eigenvalue weighted by molar-refractivity contribution is 6.07. The van der Waals surface area contributed by atoms with Gasteiger partial charge >= 0.3 is 5.97 Å². The Labute approximate surface area is 107 Å². The van der Waals surface area contributed by atoms with Crippen LogP contribution >= 0.6 is 0 Å². The third-order valence-electron chi connectivity index (χ3n) is 5.48. The predicted molar refractivity (Wildman–Crippen MR) is 63.6 cm³/mol. The zero-order valence-electron chi connectivity index (χ0n) is 10.7. The number of aliphatic hydroxyl groups is 1. The Balaban J connectivity index is 2.05. The van der Waals surface area contributed by atoms with E-state index in [1.54, 1.807) is 0 Å². The van der Waals surface area contributed by atoms with Gasteiger partial charge in [-0.25, -0.2) is 0 Å². The van der Waals surface area contributed by atoms with Gasteiger partial charge in [-0.3, -0.25) is 9.59 Å². The molecule has 4 heteroatoms. The van der Waals surface area contributed by atoms with Crippen LogP contribution in [0.1, 0.15) is 38.5 Å². The Morgan fingerprint density at radius 3 is 2.78 bits per heavy atom. The molecule has 0 spiro atoms. The number of aliphatic hydroxyl groups excluding tert-OH is 1. The Hall–Kier alpha value is -0.900. The molecule has 5 atom stereocenters. The second-order valence-corrected chi connectivity index (χ2v) is 6.02. The Kier molecular flexibility index (Phi) is 2.73. The summed E-state index contributed by atoms with van der Waals surface area (Å²) in [5.74, 6) is -0.629. The molecular formula is C14H20O4. The topological polar surface area (TPSA) is 63.6 Å². The molecule has 100 valence electrons. The van der Waals surface area contributed by atoms with Gasteiger partial charge in [-0.05, 0) is 37.5 Å². The minimum Gasteiger partial charge on any atom is -0.468 e. The van der Waals surface area contributed by atoms with Crippen molar-refractivity contribution in [2.24, 2.45) is 23.2 Å². The molecule has 3 rings (SSSR count). The van der Waals surface area contributed by atoms with Crippen molar-refractivity contribution in [3.05, 3.63) is 0 Å². The summed E-state index contributed by atoms with van der Waals surface area (Å²) < 4.78 is 4.92. The smallest absolute Gasteiger partial charge is 0.319 e. The van der Waals surface area contributed by atoms with E-state index >= 15 is 0 Å². The molecule has 0 unspecified atom stereocenters. The molecule has 4 nitrogen and oxygen atoms in total. The van der Waals surface area contributed by atoms with Gasteiger partial charge in [-0.15, -0.1) is 0 Å². The minimum atomic E-state index is -0.927. The lowest BCUT2D eigenvalue weighted by molar-refractivity contribution is -0.172. The maximum atomic E-state index is 12.5. The lowest BCUT2D eigenvalue weighted by atomic mass is 9.56. The number of carbonyl (C=O) groups is 2. The first kappa shape index (κ1) is 12.2. The molecule has 0 heterocycles. The number of ether oxygens (including phenoxy) is 1. The summed E-state index contributed by atoms with van der Waals surface area (Å²) in [7, 11) is 1.36. The van der Waals surface area contributed by atoms with Crippen LogP contribution in [0.5, 0.6) is 0 Å². The van der Waals surface area contributed by atoms with Crippen molar-refractivity contribution >= 4 is 11.8 Å². The van der Waals surface area contributed by atoms with Gasteiger partial charge in [-0.2, -0.15) is 0 Å². The van der Waals surface area contributed by atoms with Crippen LogP contribution < -0.4 is 0 Å². The average Bonchev–Trinajstić information content (AvgIpc) is 2.68. The largest absolute Gasteiger partial charge is 0.468 e. The maximum absolute atomic E-state index is 12.5. The molecule has 3 fully saturated rings. The number of Topliss-reactive ketones (excluding diaryl/α,β-unsaturated/α-hetero) is 1. The third-order valence-corrected chi connectivity index (χ3v) is 5.48. The fourth-order valence-corrected chi connectivity index (χ4v) is 4.68. The number of hydrogen-bond donors (Lipinski definition) is 1. The van der Waals surface area contributed by atoms with E-state index in [9.17, 15) is 14.7 Å². The van der Waals surface area contributed by atoms with E-state index in [0.717, 1.165) is 25.7 Å². The van der Waals surface area contributed by atoms with Gasteiger partial charge in [0.1, 0.15) is 5.41 Å². The van der Waals surface area contributed by atoms with Crippen LogP contribution in [-0.2, 0) is 14.3 Å². The Bertz CT molecular complexity index is 391. The van der Waals surface area contributed by atoms with Crippen LogP contribution in [0.4, 0.5) is 0 Å². The first-order chi connectivity index (χ1) is 8.63. The van der Waals surface area contributed by atoms with Crippen LogP contribution in [0.2, 0.25) is 0 Å². The normalized spacial score (nSPS) is 46.7. The van der Waals surface area contributed by atoms with Gasteiger partial charge in [0.15, 0.2) is 5.78 Å². The fourth-order valence-electron chi connectivity index (χ4n) is 4.68. The van der Waals surface area contributed by atoms with E-state index in [-0.39, 0.29) is 29.5 Å². The van der Waals surface area contributed by atoms with Gasteiger partial charge < -0.3 is 9.84 Å². The van der Waals surface area contributed by atoms with E-state index in [2.05, 4.69) is 0 Å². The standard InChI is InChI=1S/C14H20O4/c1-18-13(17)14-7-6-9(12(14)16)11(15)8-4-2-3-5-10(8)14/h8-11,15H,2-7H2,1H3/t8-,9+,10+,11+,14+/m1/s1. The van der Waals surface area contributed by atoms with Gasteiger partial charge in [0, 0.05) is 5.92 Å².